The van der Waals surface area contributed by atoms with Gasteiger partial charge in [0.1, 0.15) is 5.75 Å². The summed E-state index contributed by atoms with van der Waals surface area (Å²) < 4.78 is 6.97. The highest BCUT2D eigenvalue weighted by molar-refractivity contribution is 5.94. The van der Waals surface area contributed by atoms with Crippen molar-refractivity contribution in [3.05, 3.63) is 78.1 Å². The second kappa shape index (κ2) is 7.46. The van der Waals surface area contributed by atoms with Gasteiger partial charge >= 0.3 is 0 Å². The molecule has 3 aromatic rings. The van der Waals surface area contributed by atoms with Crippen LogP contribution in [0.4, 0.5) is 0 Å². The zero-order valence-electron chi connectivity index (χ0n) is 13.5. The van der Waals surface area contributed by atoms with Crippen LogP contribution < -0.4 is 10.1 Å². The van der Waals surface area contributed by atoms with Gasteiger partial charge in [0, 0.05) is 18.3 Å². The molecule has 5 nitrogen and oxygen atoms in total. The number of nitrogens with one attached hydrogen (secondary N) is 1. The first-order valence-corrected chi connectivity index (χ1v) is 7.77. The molecule has 2 aromatic carbocycles. The van der Waals surface area contributed by atoms with Crippen LogP contribution in [0.5, 0.6) is 5.75 Å². The SMILES string of the molecule is COc1cccc(C(=O)NCCc2cnn(-c3ccccc3)c2)c1. The number of amides is 1. The number of nitrogens with zero attached hydrogens (tertiary/aromatic N) is 2. The Labute approximate surface area is 140 Å². The van der Waals surface area contributed by atoms with E-state index in [4.69, 9.17) is 4.74 Å². The Bertz CT molecular complexity index is 812. The molecule has 0 spiro atoms. The molecule has 0 unspecified atom stereocenters. The summed E-state index contributed by atoms with van der Waals surface area (Å²) in [4.78, 5) is 12.1. The Morgan fingerprint density at radius 1 is 1.17 bits per heavy atom. The van der Waals surface area contributed by atoms with Crippen LogP contribution >= 0.6 is 0 Å². The number of ether oxygens (including phenoxy) is 1. The third-order valence-corrected chi connectivity index (χ3v) is 3.69. The largest absolute Gasteiger partial charge is 0.497 e. The molecule has 0 aliphatic rings. The van der Waals surface area contributed by atoms with Crippen molar-refractivity contribution < 1.29 is 9.53 Å². The summed E-state index contributed by atoms with van der Waals surface area (Å²) >= 11 is 0. The fraction of sp³-hybridized carbons (Fsp3) is 0.158. The summed E-state index contributed by atoms with van der Waals surface area (Å²) in [6.07, 6.45) is 4.53. The van der Waals surface area contributed by atoms with Gasteiger partial charge in [-0.2, -0.15) is 5.10 Å². The number of hydrogen-bond acceptors (Lipinski definition) is 3. The van der Waals surface area contributed by atoms with E-state index < -0.39 is 0 Å². The van der Waals surface area contributed by atoms with Crippen LogP contribution in [-0.2, 0) is 6.42 Å². The van der Waals surface area contributed by atoms with Gasteiger partial charge in [-0.1, -0.05) is 24.3 Å². The van der Waals surface area contributed by atoms with E-state index in [-0.39, 0.29) is 5.91 Å². The van der Waals surface area contributed by atoms with Crippen LogP contribution in [0.15, 0.2) is 67.0 Å². The van der Waals surface area contributed by atoms with E-state index in [9.17, 15) is 4.79 Å². The van der Waals surface area contributed by atoms with Crippen molar-refractivity contribution in [3.63, 3.8) is 0 Å². The van der Waals surface area contributed by atoms with Crippen LogP contribution in [0, 0.1) is 0 Å². The van der Waals surface area contributed by atoms with Gasteiger partial charge in [0.2, 0.25) is 0 Å². The van der Waals surface area contributed by atoms with Crippen molar-refractivity contribution in [2.75, 3.05) is 13.7 Å². The summed E-state index contributed by atoms with van der Waals surface area (Å²) in [6.45, 7) is 0.552. The number of rotatable bonds is 6. The van der Waals surface area contributed by atoms with Gasteiger partial charge in [-0.05, 0) is 42.3 Å². The molecule has 0 fully saturated rings. The topological polar surface area (TPSA) is 56.1 Å². The lowest BCUT2D eigenvalue weighted by atomic mass is 10.2. The van der Waals surface area contributed by atoms with Crippen molar-refractivity contribution in [1.82, 2.24) is 15.1 Å². The van der Waals surface area contributed by atoms with Gasteiger partial charge in [-0.15, -0.1) is 0 Å². The zero-order valence-corrected chi connectivity index (χ0v) is 13.5. The Balaban J connectivity index is 1.55. The van der Waals surface area contributed by atoms with E-state index in [1.165, 1.54) is 0 Å². The number of para-hydroxylation sites is 1. The Hall–Kier alpha value is -3.08. The quantitative estimate of drug-likeness (QED) is 0.759. The smallest absolute Gasteiger partial charge is 0.251 e. The average molecular weight is 321 g/mol. The maximum Gasteiger partial charge on any atom is 0.251 e. The first-order chi connectivity index (χ1) is 11.8. The molecule has 0 aliphatic heterocycles. The number of carbonyl (C=O) groups excluding carboxylic acids is 1. The molecular weight excluding hydrogens is 302 g/mol. The molecule has 0 aliphatic carbocycles. The van der Waals surface area contributed by atoms with E-state index in [2.05, 4.69) is 10.4 Å². The summed E-state index contributed by atoms with van der Waals surface area (Å²) in [5.41, 5.74) is 2.68. The predicted molar refractivity (Wildman–Crippen MR) is 92.6 cm³/mol. The van der Waals surface area contributed by atoms with Crippen molar-refractivity contribution in [1.29, 1.82) is 0 Å². The van der Waals surface area contributed by atoms with E-state index in [0.29, 0.717) is 17.9 Å². The minimum absolute atomic E-state index is 0.107. The molecular formula is C19H19N3O2. The molecule has 5 heteroatoms. The van der Waals surface area contributed by atoms with Crippen molar-refractivity contribution in [2.24, 2.45) is 0 Å². The number of carbonyl (C=O) groups is 1. The summed E-state index contributed by atoms with van der Waals surface area (Å²) in [7, 11) is 1.58. The van der Waals surface area contributed by atoms with Crippen LogP contribution in [0.1, 0.15) is 15.9 Å². The maximum absolute atomic E-state index is 12.1. The summed E-state index contributed by atoms with van der Waals surface area (Å²) in [5.74, 6) is 0.566. The molecule has 0 saturated heterocycles. The fourth-order valence-corrected chi connectivity index (χ4v) is 2.40. The first-order valence-electron chi connectivity index (χ1n) is 7.77. The Morgan fingerprint density at radius 3 is 2.79 bits per heavy atom. The molecule has 1 amide bonds. The molecule has 24 heavy (non-hydrogen) atoms. The second-order valence-corrected chi connectivity index (χ2v) is 5.37. The monoisotopic (exact) mass is 321 g/mol. The van der Waals surface area contributed by atoms with E-state index in [0.717, 1.165) is 17.7 Å². The van der Waals surface area contributed by atoms with Crippen LogP contribution in [0.25, 0.3) is 5.69 Å². The van der Waals surface area contributed by atoms with Gasteiger partial charge < -0.3 is 10.1 Å². The minimum atomic E-state index is -0.107. The fourth-order valence-electron chi connectivity index (χ4n) is 2.40. The molecule has 0 bridgehead atoms. The Morgan fingerprint density at radius 2 is 2.00 bits per heavy atom. The summed E-state index contributed by atoms with van der Waals surface area (Å²) in [6, 6.07) is 17.0. The van der Waals surface area contributed by atoms with E-state index in [1.54, 1.807) is 25.3 Å². The number of benzene rings is 2. The highest BCUT2D eigenvalue weighted by Gasteiger charge is 2.07. The number of aromatic nitrogens is 2. The van der Waals surface area contributed by atoms with E-state index >= 15 is 0 Å². The van der Waals surface area contributed by atoms with Gasteiger partial charge in [0.15, 0.2) is 0 Å². The van der Waals surface area contributed by atoms with Crippen LogP contribution in [0.3, 0.4) is 0 Å². The normalized spacial score (nSPS) is 10.4. The highest BCUT2D eigenvalue weighted by Crippen LogP contribution is 2.12. The van der Waals surface area contributed by atoms with Gasteiger partial charge in [-0.3, -0.25) is 4.79 Å². The molecule has 3 rings (SSSR count). The molecule has 1 heterocycles. The van der Waals surface area contributed by atoms with Crippen molar-refractivity contribution in [2.45, 2.75) is 6.42 Å². The number of hydrogen-bond donors (Lipinski definition) is 1. The second-order valence-electron chi connectivity index (χ2n) is 5.37. The maximum atomic E-state index is 12.1. The van der Waals surface area contributed by atoms with Crippen LogP contribution in [0.2, 0.25) is 0 Å². The molecule has 0 saturated carbocycles. The Kier molecular flexibility index (Phi) is 4.91. The molecule has 0 atom stereocenters. The highest BCUT2D eigenvalue weighted by atomic mass is 16.5. The lowest BCUT2D eigenvalue weighted by Crippen LogP contribution is -2.25. The third kappa shape index (κ3) is 3.81. The molecule has 1 aromatic heterocycles. The van der Waals surface area contributed by atoms with Crippen LogP contribution in [-0.4, -0.2) is 29.3 Å². The van der Waals surface area contributed by atoms with Gasteiger partial charge in [0.25, 0.3) is 5.91 Å². The molecule has 0 radical (unpaired) electrons. The third-order valence-electron chi connectivity index (χ3n) is 3.69. The standard InChI is InChI=1S/C19H19N3O2/c1-24-18-9-5-6-16(12-18)19(23)20-11-10-15-13-21-22(14-15)17-7-3-2-4-8-17/h2-9,12-14H,10-11H2,1H3,(H,20,23). The van der Waals surface area contributed by atoms with Crippen molar-refractivity contribution in [3.8, 4) is 11.4 Å². The number of methoxy groups -OCH3 is 1. The zero-order chi connectivity index (χ0) is 16.8. The summed E-state index contributed by atoms with van der Waals surface area (Å²) in [5, 5.41) is 7.27. The van der Waals surface area contributed by atoms with Gasteiger partial charge in [-0.25, -0.2) is 4.68 Å². The lowest BCUT2D eigenvalue weighted by molar-refractivity contribution is 0.0954. The van der Waals surface area contributed by atoms with Gasteiger partial charge in [0.05, 0.1) is 19.0 Å². The predicted octanol–water partition coefficient (Wildman–Crippen LogP) is 2.85. The molecule has 122 valence electrons. The van der Waals surface area contributed by atoms with Crippen molar-refractivity contribution >= 4 is 5.91 Å². The minimum Gasteiger partial charge on any atom is -0.497 e. The average Bonchev–Trinajstić information content (AvgIpc) is 3.11. The molecule has 1 N–H and O–H groups in total. The first kappa shape index (κ1) is 15.8. The lowest BCUT2D eigenvalue weighted by Gasteiger charge is -2.06. The van der Waals surface area contributed by atoms with E-state index in [1.807, 2.05) is 53.5 Å².